The number of carbonyl (C=O) groups excluding carboxylic acids is 2. The van der Waals surface area contributed by atoms with Crippen LogP contribution >= 0.6 is 0 Å². The van der Waals surface area contributed by atoms with Gasteiger partial charge in [0.15, 0.2) is 0 Å². The Labute approximate surface area is 293 Å². The van der Waals surface area contributed by atoms with Gasteiger partial charge in [-0.1, -0.05) is 42.5 Å². The lowest BCUT2D eigenvalue weighted by Crippen LogP contribution is -2.37. The van der Waals surface area contributed by atoms with E-state index in [9.17, 15) is 22.8 Å². The van der Waals surface area contributed by atoms with Gasteiger partial charge in [0, 0.05) is 30.3 Å². The summed E-state index contributed by atoms with van der Waals surface area (Å²) in [6, 6.07) is 17.7. The van der Waals surface area contributed by atoms with Crippen LogP contribution in [0.25, 0.3) is 0 Å². The van der Waals surface area contributed by atoms with Gasteiger partial charge in [-0.05, 0) is 90.3 Å². The molecule has 0 radical (unpaired) electrons. The number of carbonyl (C=O) groups is 2. The molecule has 1 N–H and O–H groups in total. The number of nitrogens with one attached hydrogen (secondary N) is 1. The second-order valence-corrected chi connectivity index (χ2v) is 14.7. The number of rotatable bonds is 12. The van der Waals surface area contributed by atoms with Crippen LogP contribution in [0.2, 0.25) is 0 Å². The van der Waals surface area contributed by atoms with E-state index in [1.165, 1.54) is 17.0 Å². The third-order valence-corrected chi connectivity index (χ3v) is 7.79. The van der Waals surface area contributed by atoms with Crippen LogP contribution in [0.15, 0.2) is 66.7 Å². The number of benzene rings is 2. The maximum Gasteiger partial charge on any atom is 0.416 e. The quantitative estimate of drug-likeness (QED) is 0.194. The number of likely N-dealkylation sites (tertiary alicyclic amines) is 1. The van der Waals surface area contributed by atoms with Crippen molar-refractivity contribution in [3.05, 3.63) is 94.9 Å². The summed E-state index contributed by atoms with van der Waals surface area (Å²) in [6.07, 6.45) is -1.03. The van der Waals surface area contributed by atoms with Gasteiger partial charge in [0.25, 0.3) is 5.92 Å². The smallest absolute Gasteiger partial charge is 0.416 e. The molecule has 0 bridgehead atoms. The SMILES string of the molecule is Cc1cc(C[C@@H]2CN(C(=O)OC(C)(C)C)C[C@@H]2OCCNCC(F)(F)c2cccc(F)c2)nc(N(Cc2ccccc2)C(=O)OC(C)(C)C)c1. The van der Waals surface area contributed by atoms with Crippen LogP contribution in [0.5, 0.6) is 0 Å². The first kappa shape index (κ1) is 38.6. The predicted octanol–water partition coefficient (Wildman–Crippen LogP) is 7.65. The van der Waals surface area contributed by atoms with Crippen LogP contribution in [0, 0.1) is 18.7 Å². The van der Waals surface area contributed by atoms with Crippen molar-refractivity contribution in [3.8, 4) is 0 Å². The molecule has 50 heavy (non-hydrogen) atoms. The molecule has 1 saturated heterocycles. The third kappa shape index (κ3) is 11.7. The Morgan fingerprint density at radius 3 is 2.30 bits per heavy atom. The number of halogens is 3. The second kappa shape index (κ2) is 16.2. The fourth-order valence-electron chi connectivity index (χ4n) is 5.60. The van der Waals surface area contributed by atoms with Crippen LogP contribution in [0.3, 0.4) is 0 Å². The van der Waals surface area contributed by atoms with Crippen LogP contribution in [-0.4, -0.2) is 72.2 Å². The lowest BCUT2D eigenvalue weighted by atomic mass is 9.98. The number of pyridine rings is 1. The van der Waals surface area contributed by atoms with E-state index in [0.717, 1.165) is 23.3 Å². The molecule has 0 spiro atoms. The van der Waals surface area contributed by atoms with Gasteiger partial charge < -0.3 is 24.4 Å². The molecule has 0 saturated carbocycles. The van der Waals surface area contributed by atoms with E-state index >= 15 is 0 Å². The van der Waals surface area contributed by atoms with E-state index in [1.807, 2.05) is 70.2 Å². The van der Waals surface area contributed by atoms with Crippen molar-refractivity contribution >= 4 is 18.0 Å². The van der Waals surface area contributed by atoms with Crippen molar-refractivity contribution in [3.63, 3.8) is 0 Å². The molecule has 0 aliphatic carbocycles. The zero-order chi connectivity index (χ0) is 36.7. The molecule has 1 aliphatic rings. The Morgan fingerprint density at radius 1 is 0.940 bits per heavy atom. The van der Waals surface area contributed by atoms with Gasteiger partial charge in [-0.3, -0.25) is 4.90 Å². The average molecular weight is 699 g/mol. The number of hydrogen-bond donors (Lipinski definition) is 1. The van der Waals surface area contributed by atoms with Gasteiger partial charge in [-0.2, -0.15) is 8.78 Å². The zero-order valence-electron chi connectivity index (χ0n) is 30.0. The number of anilines is 1. The third-order valence-electron chi connectivity index (χ3n) is 7.79. The predicted molar refractivity (Wildman–Crippen MR) is 186 cm³/mol. The lowest BCUT2D eigenvalue weighted by molar-refractivity contribution is -0.00916. The molecule has 2 atom stereocenters. The summed E-state index contributed by atoms with van der Waals surface area (Å²) >= 11 is 0. The molecule has 12 heteroatoms. The van der Waals surface area contributed by atoms with Gasteiger partial charge in [0.1, 0.15) is 22.8 Å². The molecule has 0 unspecified atom stereocenters. The molecule has 1 fully saturated rings. The van der Waals surface area contributed by atoms with E-state index in [-0.39, 0.29) is 32.2 Å². The summed E-state index contributed by atoms with van der Waals surface area (Å²) in [5, 5.41) is 2.71. The fourth-order valence-corrected chi connectivity index (χ4v) is 5.60. The van der Waals surface area contributed by atoms with E-state index < -0.39 is 53.3 Å². The molecule has 272 valence electrons. The Morgan fingerprint density at radius 2 is 1.64 bits per heavy atom. The minimum atomic E-state index is -3.27. The topological polar surface area (TPSA) is 93.2 Å². The Kier molecular flexibility index (Phi) is 12.6. The first-order chi connectivity index (χ1) is 23.4. The molecule has 3 aromatic rings. The molecule has 1 aromatic heterocycles. The molecule has 2 aromatic carbocycles. The van der Waals surface area contributed by atoms with Crippen molar-refractivity contribution in [2.45, 2.75) is 84.7 Å². The van der Waals surface area contributed by atoms with Gasteiger partial charge in [-0.25, -0.2) is 19.0 Å². The highest BCUT2D eigenvalue weighted by atomic mass is 19.3. The minimum Gasteiger partial charge on any atom is -0.444 e. The largest absolute Gasteiger partial charge is 0.444 e. The van der Waals surface area contributed by atoms with Crippen molar-refractivity contribution in [1.82, 2.24) is 15.2 Å². The van der Waals surface area contributed by atoms with Crippen molar-refractivity contribution in [2.24, 2.45) is 5.92 Å². The number of aryl methyl sites for hydroxylation is 1. The molecule has 2 amide bonds. The monoisotopic (exact) mass is 698 g/mol. The summed E-state index contributed by atoms with van der Waals surface area (Å²) in [6.45, 7) is 13.1. The van der Waals surface area contributed by atoms with Gasteiger partial charge in [-0.15, -0.1) is 0 Å². The number of hydrogen-bond acceptors (Lipinski definition) is 7. The summed E-state index contributed by atoms with van der Waals surface area (Å²) in [4.78, 5) is 34.5. The molecule has 2 heterocycles. The zero-order valence-corrected chi connectivity index (χ0v) is 30.0. The fraction of sp³-hybridized carbons (Fsp3) is 0.500. The normalized spacial score (nSPS) is 16.7. The van der Waals surface area contributed by atoms with E-state index in [1.54, 1.807) is 25.7 Å². The Hall–Kier alpha value is -4.16. The summed E-state index contributed by atoms with van der Waals surface area (Å²) in [7, 11) is 0. The first-order valence-electron chi connectivity index (χ1n) is 16.8. The molecule has 1 aliphatic heterocycles. The summed E-state index contributed by atoms with van der Waals surface area (Å²) in [5.74, 6) is -3.77. The second-order valence-electron chi connectivity index (χ2n) is 14.7. The van der Waals surface area contributed by atoms with Crippen molar-refractivity contribution < 1.29 is 37.0 Å². The number of alkyl halides is 2. The molecule has 4 rings (SSSR count). The minimum absolute atomic E-state index is 0.0958. The molecular formula is C38H49F3N4O5. The lowest BCUT2D eigenvalue weighted by Gasteiger charge is -2.27. The van der Waals surface area contributed by atoms with Crippen molar-refractivity contribution in [2.75, 3.05) is 37.7 Å². The molecular weight excluding hydrogens is 649 g/mol. The van der Waals surface area contributed by atoms with Crippen LogP contribution in [0.1, 0.15) is 63.9 Å². The average Bonchev–Trinajstić information content (AvgIpc) is 3.40. The van der Waals surface area contributed by atoms with E-state index in [0.29, 0.717) is 24.5 Å². The summed E-state index contributed by atoms with van der Waals surface area (Å²) in [5.41, 5.74) is 0.659. The van der Waals surface area contributed by atoms with Gasteiger partial charge >= 0.3 is 12.2 Å². The van der Waals surface area contributed by atoms with Crippen LogP contribution in [0.4, 0.5) is 28.6 Å². The number of aromatic nitrogens is 1. The van der Waals surface area contributed by atoms with E-state index in [2.05, 4.69) is 5.32 Å². The highest BCUT2D eigenvalue weighted by Crippen LogP contribution is 2.29. The molecule has 9 nitrogen and oxygen atoms in total. The van der Waals surface area contributed by atoms with E-state index in [4.69, 9.17) is 19.2 Å². The van der Waals surface area contributed by atoms with Gasteiger partial charge in [0.05, 0.1) is 32.3 Å². The number of ether oxygens (including phenoxy) is 3. The standard InChI is InChI=1S/C38H49F3N4O5/c1-26-18-31(43-33(19-26)45(35(47)50-37(5,6)7)22-27-12-9-8-10-13-27)20-28-23-44(34(46)49-36(2,3)4)24-32(28)48-17-16-42-25-38(40,41)29-14-11-15-30(39)21-29/h8-15,18-19,21,28,32,42H,16-17,20,22-25H2,1-7H3/t28-,32+/m1/s1. The van der Waals surface area contributed by atoms with Gasteiger partial charge in [0.2, 0.25) is 0 Å². The Bertz CT molecular complexity index is 1590. The maximum absolute atomic E-state index is 14.7. The highest BCUT2D eigenvalue weighted by Gasteiger charge is 2.38. The van der Waals surface area contributed by atoms with Crippen molar-refractivity contribution in [1.29, 1.82) is 0 Å². The summed E-state index contributed by atoms with van der Waals surface area (Å²) < 4.78 is 60.4. The maximum atomic E-state index is 14.7. The number of amides is 2. The number of nitrogens with zero attached hydrogens (tertiary/aromatic N) is 3. The first-order valence-corrected chi connectivity index (χ1v) is 16.8. The highest BCUT2D eigenvalue weighted by molar-refractivity contribution is 5.86. The van der Waals surface area contributed by atoms with Crippen LogP contribution in [-0.2, 0) is 33.1 Å². The van der Waals surface area contributed by atoms with Crippen LogP contribution < -0.4 is 10.2 Å². The Balaban J connectivity index is 1.50.